The van der Waals surface area contributed by atoms with E-state index in [4.69, 9.17) is 11.6 Å². The third-order valence-corrected chi connectivity index (χ3v) is 5.09. The Hall–Kier alpha value is -1.11. The predicted octanol–water partition coefficient (Wildman–Crippen LogP) is 2.04. The molecule has 1 heterocycles. The highest BCUT2D eigenvalue weighted by molar-refractivity contribution is 7.89. The van der Waals surface area contributed by atoms with Gasteiger partial charge in [0.2, 0.25) is 10.0 Å². The summed E-state index contributed by atoms with van der Waals surface area (Å²) in [5, 5.41) is 0.647. The minimum Gasteiger partial charge on any atom is -0.342 e. The molecule has 0 aliphatic carbocycles. The highest BCUT2D eigenvalue weighted by atomic mass is 35.5. The van der Waals surface area contributed by atoms with Crippen LogP contribution in [-0.4, -0.2) is 42.0 Å². The molecule has 0 fully saturated rings. The fourth-order valence-corrected chi connectivity index (χ4v) is 2.76. The fraction of sp³-hybridized carbons (Fsp3) is 0.417. The maximum Gasteiger partial charge on any atom is 0.213 e. The Balaban J connectivity index is 2.10. The lowest BCUT2D eigenvalue weighted by Crippen LogP contribution is -2.30. The second-order valence-corrected chi connectivity index (χ2v) is 7.12. The van der Waals surface area contributed by atoms with Crippen LogP contribution in [0, 0.1) is 0 Å². The zero-order chi connectivity index (χ0) is 14.0. The summed E-state index contributed by atoms with van der Waals surface area (Å²) in [5.74, 6) is 0.870. The van der Waals surface area contributed by atoms with E-state index in [9.17, 15) is 8.42 Å². The Kier molecular flexibility index (Phi) is 4.13. The van der Waals surface area contributed by atoms with Gasteiger partial charge in [0.15, 0.2) is 0 Å². The lowest BCUT2D eigenvalue weighted by molar-refractivity contribution is 0.471. The smallest absolute Gasteiger partial charge is 0.213 e. The van der Waals surface area contributed by atoms with Crippen LogP contribution >= 0.6 is 11.6 Å². The number of H-pyrrole nitrogens is 1. The second-order valence-electron chi connectivity index (χ2n) is 4.32. The SMILES string of the molecule is CCS(=O)(=O)N(C)CCc1nc2ccc(Cl)cc2[nH]1. The maximum atomic E-state index is 11.6. The first-order valence-electron chi connectivity index (χ1n) is 6.00. The number of imidazole rings is 1. The maximum absolute atomic E-state index is 11.6. The average Bonchev–Trinajstić information content (AvgIpc) is 2.77. The topological polar surface area (TPSA) is 66.1 Å². The average molecular weight is 302 g/mol. The van der Waals surface area contributed by atoms with Gasteiger partial charge in [0, 0.05) is 25.0 Å². The fourth-order valence-electron chi connectivity index (χ4n) is 1.78. The summed E-state index contributed by atoms with van der Waals surface area (Å²) >= 11 is 5.90. The molecule has 0 unspecified atom stereocenters. The van der Waals surface area contributed by atoms with E-state index in [-0.39, 0.29) is 5.75 Å². The lowest BCUT2D eigenvalue weighted by atomic mass is 10.3. The third kappa shape index (κ3) is 3.26. The zero-order valence-corrected chi connectivity index (χ0v) is 12.4. The highest BCUT2D eigenvalue weighted by Gasteiger charge is 2.15. The molecule has 7 heteroatoms. The number of aromatic amines is 1. The van der Waals surface area contributed by atoms with Crippen molar-refractivity contribution in [2.45, 2.75) is 13.3 Å². The number of sulfonamides is 1. The van der Waals surface area contributed by atoms with Crippen molar-refractivity contribution in [3.05, 3.63) is 29.0 Å². The minimum atomic E-state index is -3.13. The molecule has 1 aromatic carbocycles. The Labute approximate surface area is 117 Å². The van der Waals surface area contributed by atoms with Gasteiger partial charge in [-0.2, -0.15) is 0 Å². The van der Waals surface area contributed by atoms with Crippen molar-refractivity contribution in [3.63, 3.8) is 0 Å². The summed E-state index contributed by atoms with van der Waals surface area (Å²) in [4.78, 5) is 7.54. The highest BCUT2D eigenvalue weighted by Crippen LogP contribution is 2.17. The largest absolute Gasteiger partial charge is 0.342 e. The molecule has 0 aliphatic heterocycles. The van der Waals surface area contributed by atoms with Crippen molar-refractivity contribution in [1.29, 1.82) is 0 Å². The molecule has 0 atom stereocenters. The van der Waals surface area contributed by atoms with Gasteiger partial charge in [0.05, 0.1) is 16.8 Å². The van der Waals surface area contributed by atoms with E-state index in [1.807, 2.05) is 6.07 Å². The first kappa shape index (κ1) is 14.3. The summed E-state index contributed by atoms with van der Waals surface area (Å²) in [7, 11) is -1.55. The summed E-state index contributed by atoms with van der Waals surface area (Å²) in [6.07, 6.45) is 0.544. The number of fused-ring (bicyclic) bond motifs is 1. The van der Waals surface area contributed by atoms with Crippen LogP contribution in [0.15, 0.2) is 18.2 Å². The standard InChI is InChI=1S/C12H16ClN3O2S/c1-3-19(17,18)16(2)7-6-12-14-10-5-4-9(13)8-11(10)15-12/h4-5,8H,3,6-7H2,1-2H3,(H,14,15). The number of hydrogen-bond acceptors (Lipinski definition) is 3. The van der Waals surface area contributed by atoms with E-state index in [0.717, 1.165) is 16.9 Å². The quantitative estimate of drug-likeness (QED) is 0.919. The van der Waals surface area contributed by atoms with Crippen molar-refractivity contribution in [3.8, 4) is 0 Å². The van der Waals surface area contributed by atoms with Crippen LogP contribution in [0.3, 0.4) is 0 Å². The van der Waals surface area contributed by atoms with Crippen LogP contribution in [0.25, 0.3) is 11.0 Å². The number of likely N-dealkylation sites (N-methyl/N-ethyl adjacent to an activating group) is 1. The molecule has 2 aromatic rings. The Bertz CT molecular complexity index is 681. The van der Waals surface area contributed by atoms with Gasteiger partial charge in [0.25, 0.3) is 0 Å². The number of nitrogens with one attached hydrogen (secondary N) is 1. The molecule has 2 rings (SSSR count). The molecule has 1 N–H and O–H groups in total. The van der Waals surface area contributed by atoms with Crippen LogP contribution in [-0.2, 0) is 16.4 Å². The molecule has 19 heavy (non-hydrogen) atoms. The van der Waals surface area contributed by atoms with Crippen LogP contribution < -0.4 is 0 Å². The molecule has 0 amide bonds. The van der Waals surface area contributed by atoms with Crippen LogP contribution in [0.1, 0.15) is 12.7 Å². The normalized spacial score (nSPS) is 12.4. The van der Waals surface area contributed by atoms with Gasteiger partial charge >= 0.3 is 0 Å². The second kappa shape index (κ2) is 5.48. The summed E-state index contributed by atoms with van der Waals surface area (Å²) in [5.41, 5.74) is 1.70. The first-order chi connectivity index (χ1) is 8.92. The van der Waals surface area contributed by atoms with Crippen molar-refractivity contribution >= 4 is 32.7 Å². The van der Waals surface area contributed by atoms with Gasteiger partial charge in [0.1, 0.15) is 5.82 Å². The van der Waals surface area contributed by atoms with Gasteiger partial charge in [-0.05, 0) is 25.1 Å². The number of benzene rings is 1. The van der Waals surface area contributed by atoms with Crippen LogP contribution in [0.5, 0.6) is 0 Å². The van der Waals surface area contributed by atoms with E-state index in [1.54, 1.807) is 26.1 Å². The first-order valence-corrected chi connectivity index (χ1v) is 7.99. The molecule has 0 radical (unpaired) electrons. The van der Waals surface area contributed by atoms with Crippen LogP contribution in [0.2, 0.25) is 5.02 Å². The molecular weight excluding hydrogens is 286 g/mol. The molecule has 1 aromatic heterocycles. The van der Waals surface area contributed by atoms with E-state index >= 15 is 0 Å². The van der Waals surface area contributed by atoms with Crippen molar-refractivity contribution in [2.24, 2.45) is 0 Å². The molecule has 0 saturated carbocycles. The van der Waals surface area contributed by atoms with E-state index < -0.39 is 10.0 Å². The summed E-state index contributed by atoms with van der Waals surface area (Å²) in [6.45, 7) is 2.04. The molecule has 0 spiro atoms. The molecule has 5 nitrogen and oxygen atoms in total. The Morgan fingerprint density at radius 1 is 1.42 bits per heavy atom. The van der Waals surface area contributed by atoms with Gasteiger partial charge < -0.3 is 4.98 Å². The van der Waals surface area contributed by atoms with Gasteiger partial charge in [-0.25, -0.2) is 17.7 Å². The van der Waals surface area contributed by atoms with Crippen LogP contribution in [0.4, 0.5) is 0 Å². The third-order valence-electron chi connectivity index (χ3n) is 3.00. The molecule has 0 saturated heterocycles. The zero-order valence-electron chi connectivity index (χ0n) is 10.9. The number of halogens is 1. The van der Waals surface area contributed by atoms with E-state index in [0.29, 0.717) is 18.0 Å². The Morgan fingerprint density at radius 2 is 2.16 bits per heavy atom. The predicted molar refractivity (Wildman–Crippen MR) is 76.9 cm³/mol. The van der Waals surface area contributed by atoms with E-state index in [2.05, 4.69) is 9.97 Å². The van der Waals surface area contributed by atoms with Crippen molar-refractivity contribution in [1.82, 2.24) is 14.3 Å². The molecule has 104 valence electrons. The van der Waals surface area contributed by atoms with Crippen molar-refractivity contribution < 1.29 is 8.42 Å². The van der Waals surface area contributed by atoms with Gasteiger partial charge in [-0.1, -0.05) is 11.6 Å². The van der Waals surface area contributed by atoms with E-state index in [1.165, 1.54) is 4.31 Å². The summed E-state index contributed by atoms with van der Waals surface area (Å²) < 4.78 is 24.6. The monoisotopic (exact) mass is 301 g/mol. The number of aromatic nitrogens is 2. The number of nitrogens with zero attached hydrogens (tertiary/aromatic N) is 2. The Morgan fingerprint density at radius 3 is 2.84 bits per heavy atom. The van der Waals surface area contributed by atoms with Gasteiger partial charge in [-0.3, -0.25) is 0 Å². The number of rotatable bonds is 5. The minimum absolute atomic E-state index is 0.110. The molecule has 0 bridgehead atoms. The molecular formula is C12H16ClN3O2S. The summed E-state index contributed by atoms with van der Waals surface area (Å²) in [6, 6.07) is 5.42. The van der Waals surface area contributed by atoms with Gasteiger partial charge in [-0.15, -0.1) is 0 Å². The number of hydrogen-bond donors (Lipinski definition) is 1. The molecule has 0 aliphatic rings. The van der Waals surface area contributed by atoms with Crippen molar-refractivity contribution in [2.75, 3.05) is 19.3 Å². The lowest BCUT2D eigenvalue weighted by Gasteiger charge is -2.14.